The molecule has 2 amide bonds. The lowest BCUT2D eigenvalue weighted by molar-refractivity contribution is -0.122. The van der Waals surface area contributed by atoms with Gasteiger partial charge in [0.25, 0.3) is 0 Å². The molecule has 3 rings (SSSR count). The van der Waals surface area contributed by atoms with Gasteiger partial charge >= 0.3 is 0 Å². The standard InChI is InChI=1S/C17H13BrCl2N2O2/c18-11-1-6-15(14(20)8-11)21-17(24)10-7-16(23)22(9-10)13-4-2-12(19)3-5-13/h1-6,8,10H,7,9H2,(H,21,24)/t10-/m1/s1. The van der Waals surface area contributed by atoms with E-state index in [2.05, 4.69) is 21.2 Å². The van der Waals surface area contributed by atoms with Crippen LogP contribution in [0, 0.1) is 5.92 Å². The second-order valence-corrected chi connectivity index (χ2v) is 7.25. The van der Waals surface area contributed by atoms with Crippen molar-refractivity contribution >= 4 is 62.3 Å². The van der Waals surface area contributed by atoms with Crippen LogP contribution in [0.4, 0.5) is 11.4 Å². The van der Waals surface area contributed by atoms with E-state index in [1.807, 2.05) is 0 Å². The minimum absolute atomic E-state index is 0.0839. The van der Waals surface area contributed by atoms with E-state index in [0.717, 1.165) is 10.2 Å². The van der Waals surface area contributed by atoms with E-state index >= 15 is 0 Å². The van der Waals surface area contributed by atoms with Gasteiger partial charge < -0.3 is 10.2 Å². The van der Waals surface area contributed by atoms with Gasteiger partial charge in [0.1, 0.15) is 0 Å². The quantitative estimate of drug-likeness (QED) is 0.768. The summed E-state index contributed by atoms with van der Waals surface area (Å²) in [5, 5.41) is 3.83. The van der Waals surface area contributed by atoms with Gasteiger partial charge in [-0.25, -0.2) is 0 Å². The van der Waals surface area contributed by atoms with Crippen molar-refractivity contribution in [2.75, 3.05) is 16.8 Å². The fourth-order valence-electron chi connectivity index (χ4n) is 2.58. The Balaban J connectivity index is 1.70. The lowest BCUT2D eigenvalue weighted by atomic mass is 10.1. The summed E-state index contributed by atoms with van der Waals surface area (Å²) in [6.45, 7) is 0.334. The fourth-order valence-corrected chi connectivity index (χ4v) is 3.43. The molecule has 1 N–H and O–H groups in total. The third-order valence-electron chi connectivity index (χ3n) is 3.82. The van der Waals surface area contributed by atoms with Crippen LogP contribution >= 0.6 is 39.1 Å². The molecule has 1 atom stereocenters. The third kappa shape index (κ3) is 3.74. The Hall–Kier alpha value is -1.56. The summed E-state index contributed by atoms with van der Waals surface area (Å²) in [5.74, 6) is -0.726. The number of hydrogen-bond donors (Lipinski definition) is 1. The van der Waals surface area contributed by atoms with Gasteiger partial charge in [-0.05, 0) is 42.5 Å². The molecule has 2 aromatic rings. The number of halogens is 3. The van der Waals surface area contributed by atoms with E-state index in [1.165, 1.54) is 0 Å². The summed E-state index contributed by atoms with van der Waals surface area (Å²) in [5.41, 5.74) is 1.27. The summed E-state index contributed by atoms with van der Waals surface area (Å²) in [6.07, 6.45) is 0.169. The van der Waals surface area contributed by atoms with E-state index in [9.17, 15) is 9.59 Å². The SMILES string of the molecule is O=C(Nc1ccc(Br)cc1Cl)[C@@H]1CC(=O)N(c2ccc(Cl)cc2)C1. The Kier molecular flexibility index (Phi) is 5.13. The molecule has 4 nitrogen and oxygen atoms in total. The molecule has 0 unspecified atom stereocenters. The maximum Gasteiger partial charge on any atom is 0.229 e. The Morgan fingerprint density at radius 1 is 1.17 bits per heavy atom. The van der Waals surface area contributed by atoms with Gasteiger partial charge in [0.15, 0.2) is 0 Å². The molecule has 0 aliphatic carbocycles. The fraction of sp³-hybridized carbons (Fsp3) is 0.176. The predicted molar refractivity (Wildman–Crippen MR) is 99.7 cm³/mol. The minimum atomic E-state index is -0.423. The van der Waals surface area contributed by atoms with E-state index in [1.54, 1.807) is 47.4 Å². The molecule has 0 radical (unpaired) electrons. The van der Waals surface area contributed by atoms with Crippen LogP contribution in [-0.4, -0.2) is 18.4 Å². The van der Waals surface area contributed by atoms with Gasteiger partial charge in [0.05, 0.1) is 16.6 Å². The molecule has 124 valence electrons. The van der Waals surface area contributed by atoms with Crippen molar-refractivity contribution in [3.05, 3.63) is 57.0 Å². The number of nitrogens with one attached hydrogen (secondary N) is 1. The van der Waals surface area contributed by atoms with Gasteiger partial charge in [-0.2, -0.15) is 0 Å². The first-order valence-electron chi connectivity index (χ1n) is 7.26. The molecule has 2 aromatic carbocycles. The molecule has 0 spiro atoms. The van der Waals surface area contributed by atoms with Gasteiger partial charge in [0, 0.05) is 28.1 Å². The molecule has 1 fully saturated rings. The van der Waals surface area contributed by atoms with Crippen molar-refractivity contribution in [3.8, 4) is 0 Å². The van der Waals surface area contributed by atoms with Gasteiger partial charge in [-0.1, -0.05) is 39.1 Å². The minimum Gasteiger partial charge on any atom is -0.324 e. The topological polar surface area (TPSA) is 49.4 Å². The van der Waals surface area contributed by atoms with Crippen molar-refractivity contribution in [2.45, 2.75) is 6.42 Å². The van der Waals surface area contributed by atoms with E-state index in [0.29, 0.717) is 22.3 Å². The molecular weight excluding hydrogens is 415 g/mol. The summed E-state index contributed by atoms with van der Waals surface area (Å²) in [6, 6.07) is 12.2. The first-order chi connectivity index (χ1) is 11.4. The molecule has 0 saturated carbocycles. The predicted octanol–water partition coefficient (Wildman–Crippen LogP) is 4.75. The van der Waals surface area contributed by atoms with Crippen LogP contribution in [0.1, 0.15) is 6.42 Å². The number of anilines is 2. The lowest BCUT2D eigenvalue weighted by Gasteiger charge is -2.17. The first kappa shape index (κ1) is 17.3. The van der Waals surface area contributed by atoms with Crippen molar-refractivity contribution in [2.24, 2.45) is 5.92 Å². The maximum absolute atomic E-state index is 12.4. The average molecular weight is 428 g/mol. The number of rotatable bonds is 3. The zero-order valence-corrected chi connectivity index (χ0v) is 15.5. The second kappa shape index (κ2) is 7.13. The summed E-state index contributed by atoms with van der Waals surface area (Å²) >= 11 is 15.3. The highest BCUT2D eigenvalue weighted by molar-refractivity contribution is 9.10. The van der Waals surface area contributed by atoms with Crippen LogP contribution in [0.5, 0.6) is 0 Å². The van der Waals surface area contributed by atoms with Crippen LogP contribution in [0.25, 0.3) is 0 Å². The maximum atomic E-state index is 12.4. The Labute approximate surface area is 157 Å². The summed E-state index contributed by atoms with van der Waals surface area (Å²) in [7, 11) is 0. The Bertz CT molecular complexity index is 796. The van der Waals surface area contributed by atoms with Gasteiger partial charge in [0.2, 0.25) is 11.8 Å². The molecule has 0 aromatic heterocycles. The van der Waals surface area contributed by atoms with Crippen molar-refractivity contribution in [3.63, 3.8) is 0 Å². The molecule has 1 saturated heterocycles. The van der Waals surface area contributed by atoms with Crippen molar-refractivity contribution in [1.82, 2.24) is 0 Å². The third-order valence-corrected chi connectivity index (χ3v) is 4.88. The molecule has 1 heterocycles. The number of carbonyl (C=O) groups excluding carboxylic acids is 2. The van der Waals surface area contributed by atoms with Crippen molar-refractivity contribution < 1.29 is 9.59 Å². The molecule has 7 heteroatoms. The van der Waals surface area contributed by atoms with E-state index in [4.69, 9.17) is 23.2 Å². The van der Waals surface area contributed by atoms with Crippen molar-refractivity contribution in [1.29, 1.82) is 0 Å². The van der Waals surface area contributed by atoms with Crippen LogP contribution in [0.2, 0.25) is 10.0 Å². The van der Waals surface area contributed by atoms with Gasteiger partial charge in [-0.3, -0.25) is 9.59 Å². The molecule has 24 heavy (non-hydrogen) atoms. The number of carbonyl (C=O) groups is 2. The zero-order valence-electron chi connectivity index (χ0n) is 12.4. The van der Waals surface area contributed by atoms with E-state index < -0.39 is 5.92 Å². The molecule has 1 aliphatic rings. The largest absolute Gasteiger partial charge is 0.324 e. The van der Waals surface area contributed by atoms with Crippen LogP contribution in [0.3, 0.4) is 0 Å². The molecule has 0 bridgehead atoms. The monoisotopic (exact) mass is 426 g/mol. The highest BCUT2D eigenvalue weighted by Gasteiger charge is 2.35. The second-order valence-electron chi connectivity index (χ2n) is 5.50. The van der Waals surface area contributed by atoms with E-state index in [-0.39, 0.29) is 18.2 Å². The van der Waals surface area contributed by atoms with Crippen LogP contribution in [0.15, 0.2) is 46.9 Å². The number of nitrogens with zero attached hydrogens (tertiary/aromatic N) is 1. The van der Waals surface area contributed by atoms with Crippen LogP contribution < -0.4 is 10.2 Å². The number of hydrogen-bond acceptors (Lipinski definition) is 2. The molecule has 1 aliphatic heterocycles. The Morgan fingerprint density at radius 3 is 2.54 bits per heavy atom. The number of amides is 2. The first-order valence-corrected chi connectivity index (χ1v) is 8.81. The van der Waals surface area contributed by atoms with Gasteiger partial charge in [-0.15, -0.1) is 0 Å². The lowest BCUT2D eigenvalue weighted by Crippen LogP contribution is -2.28. The average Bonchev–Trinajstić information content (AvgIpc) is 2.93. The molecular formula is C17H13BrCl2N2O2. The smallest absolute Gasteiger partial charge is 0.229 e. The Morgan fingerprint density at radius 2 is 1.88 bits per heavy atom. The highest BCUT2D eigenvalue weighted by Crippen LogP contribution is 2.29. The highest BCUT2D eigenvalue weighted by atomic mass is 79.9. The number of benzene rings is 2. The summed E-state index contributed by atoms with van der Waals surface area (Å²) in [4.78, 5) is 26.3. The summed E-state index contributed by atoms with van der Waals surface area (Å²) < 4.78 is 0.829. The normalized spacial score (nSPS) is 17.2. The van der Waals surface area contributed by atoms with Crippen LogP contribution in [-0.2, 0) is 9.59 Å². The zero-order chi connectivity index (χ0) is 17.3.